The van der Waals surface area contributed by atoms with E-state index in [1.165, 1.54) is 24.3 Å². The van der Waals surface area contributed by atoms with E-state index in [1.54, 1.807) is 36.7 Å². The molecule has 0 aliphatic carbocycles. The van der Waals surface area contributed by atoms with Crippen LogP contribution in [-0.2, 0) is 12.8 Å². The first-order chi connectivity index (χ1) is 25.3. The normalized spacial score (nSPS) is 16.2. The first-order valence-corrected chi connectivity index (χ1v) is 16.8. The summed E-state index contributed by atoms with van der Waals surface area (Å²) >= 11 is 0. The number of nitrogens with zero attached hydrogens (tertiary/aromatic N) is 10. The Morgan fingerprint density at radius 2 is 0.981 bits per heavy atom. The fourth-order valence-electron chi connectivity index (χ4n) is 6.60. The number of rotatable bonds is 6. The molecule has 0 saturated carbocycles. The van der Waals surface area contributed by atoms with Gasteiger partial charge in [0.2, 0.25) is 0 Å². The van der Waals surface area contributed by atoms with Crippen LogP contribution in [0.4, 0.5) is 22.7 Å². The summed E-state index contributed by atoms with van der Waals surface area (Å²) in [4.78, 5) is 52.4. The Morgan fingerprint density at radius 3 is 1.33 bits per heavy atom. The predicted octanol–water partition coefficient (Wildman–Crippen LogP) is 7.14. The zero-order valence-electron chi connectivity index (χ0n) is 28.5. The second kappa shape index (κ2) is 14.6. The highest BCUT2D eigenvalue weighted by molar-refractivity contribution is 5.57. The van der Waals surface area contributed by atoms with Gasteiger partial charge in [0.25, 0.3) is 11.4 Å². The number of nitro groups is 2. The summed E-state index contributed by atoms with van der Waals surface area (Å²) in [5.74, 6) is 1.28. The molecule has 14 nitrogen and oxygen atoms in total. The number of benzene rings is 2. The molecule has 2 atom stereocenters. The maximum atomic E-state index is 10.8. The van der Waals surface area contributed by atoms with Crippen molar-refractivity contribution in [3.63, 3.8) is 0 Å². The fraction of sp³-hybridized carbons (Fsp3) is 0.211. The minimum atomic E-state index is -0.383. The van der Waals surface area contributed by atoms with Crippen molar-refractivity contribution in [3.8, 4) is 23.0 Å². The quantitative estimate of drug-likeness (QED) is 0.128. The minimum absolute atomic E-state index is 0.0954. The van der Waals surface area contributed by atoms with Crippen LogP contribution in [0.5, 0.6) is 0 Å². The Labute approximate surface area is 299 Å². The van der Waals surface area contributed by atoms with Gasteiger partial charge in [0, 0.05) is 97.5 Å². The first-order valence-electron chi connectivity index (χ1n) is 16.8. The number of aromatic nitrogens is 6. The van der Waals surface area contributed by atoms with E-state index >= 15 is 0 Å². The zero-order valence-corrected chi connectivity index (χ0v) is 28.5. The van der Waals surface area contributed by atoms with Gasteiger partial charge >= 0.3 is 0 Å². The molecular formula is C38H34N10O4. The number of hydrogen-bond acceptors (Lipinski definition) is 12. The Balaban J connectivity index is 0.000000162. The summed E-state index contributed by atoms with van der Waals surface area (Å²) < 4.78 is 0. The summed E-state index contributed by atoms with van der Waals surface area (Å²) in [6, 6.07) is 24.9. The first kappa shape index (κ1) is 33.8. The van der Waals surface area contributed by atoms with Crippen LogP contribution in [0.1, 0.15) is 48.4 Å². The van der Waals surface area contributed by atoms with Gasteiger partial charge in [-0.3, -0.25) is 30.2 Å². The van der Waals surface area contributed by atoms with Crippen LogP contribution in [-0.4, -0.2) is 52.8 Å². The molecule has 260 valence electrons. The van der Waals surface area contributed by atoms with E-state index in [0.29, 0.717) is 11.6 Å². The summed E-state index contributed by atoms with van der Waals surface area (Å²) in [6.07, 6.45) is 8.79. The SMILES string of the molecule is C[C@@H]1c2cnc(-c3ccccn3)nc2CCN1c1ccc([N+](=O)[O-])cc1.C[C@H]1c2cnc(-c3ccccn3)nc2CCN1c1ccc([N+](=O)[O-])cc1. The molecule has 14 heteroatoms. The molecule has 6 aromatic rings. The summed E-state index contributed by atoms with van der Waals surface area (Å²) in [5, 5.41) is 21.7. The third-order valence-electron chi connectivity index (χ3n) is 9.39. The highest BCUT2D eigenvalue weighted by Crippen LogP contribution is 2.35. The van der Waals surface area contributed by atoms with E-state index in [0.717, 1.165) is 71.2 Å². The molecule has 0 N–H and O–H groups in total. The Bertz CT molecular complexity index is 2050. The molecule has 6 heterocycles. The van der Waals surface area contributed by atoms with Crippen molar-refractivity contribution >= 4 is 22.7 Å². The molecule has 2 aromatic carbocycles. The average molecular weight is 695 g/mol. The lowest BCUT2D eigenvalue weighted by Gasteiger charge is -2.36. The van der Waals surface area contributed by atoms with Crippen molar-refractivity contribution in [2.45, 2.75) is 38.8 Å². The molecule has 0 saturated heterocycles. The van der Waals surface area contributed by atoms with Gasteiger partial charge in [-0.1, -0.05) is 12.1 Å². The highest BCUT2D eigenvalue weighted by atomic mass is 16.6. The standard InChI is InChI=1S/2C19H17N5O2/c2*1-13-16-12-21-19(18-4-2-3-10-20-18)22-17(16)9-11-23(13)14-5-7-15(8-6-14)24(25)26/h2*2-8,10,12-13H,9,11H2,1H3/t2*13-/m10/s1. The summed E-state index contributed by atoms with van der Waals surface area (Å²) in [6.45, 7) is 5.79. The lowest BCUT2D eigenvalue weighted by Crippen LogP contribution is -2.34. The zero-order chi connectivity index (χ0) is 36.2. The molecule has 0 spiro atoms. The number of non-ortho nitro benzene ring substituents is 2. The number of fused-ring (bicyclic) bond motifs is 2. The van der Waals surface area contributed by atoms with Crippen LogP contribution in [0.15, 0.2) is 110 Å². The van der Waals surface area contributed by atoms with Crippen LogP contribution < -0.4 is 9.80 Å². The monoisotopic (exact) mass is 694 g/mol. The summed E-state index contributed by atoms with van der Waals surface area (Å²) in [7, 11) is 0. The molecule has 4 aromatic heterocycles. The number of hydrogen-bond donors (Lipinski definition) is 0. The molecule has 0 unspecified atom stereocenters. The average Bonchev–Trinajstić information content (AvgIpc) is 3.19. The molecule has 0 bridgehead atoms. The van der Waals surface area contributed by atoms with Crippen LogP contribution in [0.25, 0.3) is 23.0 Å². The number of anilines is 2. The molecule has 2 aliphatic heterocycles. The molecule has 8 rings (SSSR count). The van der Waals surface area contributed by atoms with Crippen molar-refractivity contribution in [2.75, 3.05) is 22.9 Å². The van der Waals surface area contributed by atoms with Crippen molar-refractivity contribution in [3.05, 3.63) is 152 Å². The minimum Gasteiger partial charge on any atom is -0.364 e. The maximum Gasteiger partial charge on any atom is 0.269 e. The largest absolute Gasteiger partial charge is 0.364 e. The molecule has 0 fully saturated rings. The van der Waals surface area contributed by atoms with Crippen LogP contribution >= 0.6 is 0 Å². The van der Waals surface area contributed by atoms with Gasteiger partial charge in [-0.05, 0) is 62.4 Å². The smallest absolute Gasteiger partial charge is 0.269 e. The highest BCUT2D eigenvalue weighted by Gasteiger charge is 2.28. The van der Waals surface area contributed by atoms with E-state index in [9.17, 15) is 20.2 Å². The van der Waals surface area contributed by atoms with Crippen molar-refractivity contribution in [1.82, 2.24) is 29.9 Å². The molecule has 0 amide bonds. The second-order valence-electron chi connectivity index (χ2n) is 12.4. The summed E-state index contributed by atoms with van der Waals surface area (Å²) in [5.41, 5.74) is 7.87. The molecule has 2 aliphatic rings. The van der Waals surface area contributed by atoms with E-state index in [1.807, 2.05) is 48.8 Å². The molecular weight excluding hydrogens is 660 g/mol. The Morgan fingerprint density at radius 1 is 0.577 bits per heavy atom. The fourth-order valence-corrected chi connectivity index (χ4v) is 6.60. The van der Waals surface area contributed by atoms with Gasteiger partial charge in [-0.15, -0.1) is 0 Å². The van der Waals surface area contributed by atoms with Crippen molar-refractivity contribution < 1.29 is 9.85 Å². The lowest BCUT2D eigenvalue weighted by molar-refractivity contribution is -0.385. The molecule has 0 radical (unpaired) electrons. The van der Waals surface area contributed by atoms with E-state index < -0.39 is 0 Å². The van der Waals surface area contributed by atoms with Crippen LogP contribution in [0, 0.1) is 20.2 Å². The van der Waals surface area contributed by atoms with Crippen molar-refractivity contribution in [1.29, 1.82) is 0 Å². The molecule has 52 heavy (non-hydrogen) atoms. The Hall–Kier alpha value is -6.70. The lowest BCUT2D eigenvalue weighted by atomic mass is 9.98. The van der Waals surface area contributed by atoms with Gasteiger partial charge in [0.05, 0.1) is 33.3 Å². The second-order valence-corrected chi connectivity index (χ2v) is 12.4. The van der Waals surface area contributed by atoms with Gasteiger partial charge in [-0.2, -0.15) is 0 Å². The third kappa shape index (κ3) is 6.99. The van der Waals surface area contributed by atoms with E-state index in [4.69, 9.17) is 9.97 Å². The van der Waals surface area contributed by atoms with Crippen LogP contribution in [0.2, 0.25) is 0 Å². The predicted molar refractivity (Wildman–Crippen MR) is 196 cm³/mol. The Kier molecular flexibility index (Phi) is 9.52. The third-order valence-corrected chi connectivity index (χ3v) is 9.39. The van der Waals surface area contributed by atoms with Gasteiger partial charge in [-0.25, -0.2) is 19.9 Å². The van der Waals surface area contributed by atoms with Crippen molar-refractivity contribution in [2.24, 2.45) is 0 Å². The van der Waals surface area contributed by atoms with Gasteiger partial charge in [0.1, 0.15) is 11.4 Å². The topological polar surface area (TPSA) is 170 Å². The van der Waals surface area contributed by atoms with E-state index in [-0.39, 0.29) is 33.3 Å². The maximum absolute atomic E-state index is 10.8. The van der Waals surface area contributed by atoms with Crippen LogP contribution in [0.3, 0.4) is 0 Å². The van der Waals surface area contributed by atoms with E-state index in [2.05, 4.69) is 43.6 Å². The van der Waals surface area contributed by atoms with Gasteiger partial charge in [0.15, 0.2) is 11.6 Å². The number of pyridine rings is 2. The number of nitro benzene ring substituents is 2. The van der Waals surface area contributed by atoms with Gasteiger partial charge < -0.3 is 9.80 Å².